The number of nitrogens with zero attached hydrogens (tertiary/aromatic N) is 1. The third-order valence-corrected chi connectivity index (χ3v) is 3.53. The molecule has 3 nitrogen and oxygen atoms in total. The molecule has 16 heavy (non-hydrogen) atoms. The maximum Gasteiger partial charge on any atom is 0.171 e. The highest BCUT2D eigenvalue weighted by Gasteiger charge is 2.06. The lowest BCUT2D eigenvalue weighted by molar-refractivity contribution is 0.846. The van der Waals surface area contributed by atoms with Crippen LogP contribution in [0.5, 0.6) is 0 Å². The highest BCUT2D eigenvalue weighted by Crippen LogP contribution is 2.26. The Bertz CT molecular complexity index is 396. The fourth-order valence-corrected chi connectivity index (χ4v) is 2.28. The third-order valence-electron chi connectivity index (χ3n) is 1.87. The van der Waals surface area contributed by atoms with Gasteiger partial charge in [0.1, 0.15) is 5.82 Å². The number of anilines is 1. The number of aromatic nitrogens is 1. The standard InChI is InChI=1S/C10H13Br2N3S/c1-3-4-13-10(16)15-9-8(12)5-7(11)6(2)14-9/h5H,3-4H2,1-2H3,(H2,13,14,15,16). The molecule has 0 spiro atoms. The van der Waals surface area contributed by atoms with Crippen LogP contribution in [0.15, 0.2) is 15.0 Å². The van der Waals surface area contributed by atoms with Crippen LogP contribution in [0.3, 0.4) is 0 Å². The second-order valence-electron chi connectivity index (χ2n) is 3.27. The van der Waals surface area contributed by atoms with Gasteiger partial charge in [-0.15, -0.1) is 0 Å². The minimum Gasteiger partial charge on any atom is -0.362 e. The number of hydrogen-bond donors (Lipinski definition) is 2. The molecule has 1 aromatic rings. The van der Waals surface area contributed by atoms with Crippen LogP contribution in [0, 0.1) is 6.92 Å². The Morgan fingerprint density at radius 1 is 1.44 bits per heavy atom. The predicted molar refractivity (Wildman–Crippen MR) is 78.9 cm³/mol. The molecule has 0 radical (unpaired) electrons. The molecule has 0 aliphatic rings. The molecule has 0 aromatic carbocycles. The molecular formula is C10H13Br2N3S. The van der Waals surface area contributed by atoms with Crippen LogP contribution in [-0.4, -0.2) is 16.6 Å². The van der Waals surface area contributed by atoms with Crippen molar-refractivity contribution in [3.05, 3.63) is 20.7 Å². The van der Waals surface area contributed by atoms with Gasteiger partial charge in [-0.1, -0.05) is 6.92 Å². The summed E-state index contributed by atoms with van der Waals surface area (Å²) in [5.74, 6) is 0.731. The average molecular weight is 367 g/mol. The monoisotopic (exact) mass is 365 g/mol. The normalized spacial score (nSPS) is 10.0. The van der Waals surface area contributed by atoms with Crippen LogP contribution in [-0.2, 0) is 0 Å². The first kappa shape index (κ1) is 13.9. The third kappa shape index (κ3) is 3.99. The van der Waals surface area contributed by atoms with E-state index in [0.29, 0.717) is 5.11 Å². The molecule has 1 heterocycles. The molecule has 0 unspecified atom stereocenters. The van der Waals surface area contributed by atoms with Crippen molar-refractivity contribution in [1.82, 2.24) is 10.3 Å². The van der Waals surface area contributed by atoms with E-state index < -0.39 is 0 Å². The molecule has 0 bridgehead atoms. The Morgan fingerprint density at radius 2 is 2.12 bits per heavy atom. The summed E-state index contributed by atoms with van der Waals surface area (Å²) in [6.07, 6.45) is 1.04. The molecule has 0 amide bonds. The number of nitrogens with one attached hydrogen (secondary N) is 2. The van der Waals surface area contributed by atoms with Gasteiger partial charge < -0.3 is 10.6 Å². The SMILES string of the molecule is CCCNC(=S)Nc1nc(C)c(Br)cc1Br. The van der Waals surface area contributed by atoms with Gasteiger partial charge >= 0.3 is 0 Å². The van der Waals surface area contributed by atoms with E-state index in [1.54, 1.807) is 0 Å². The van der Waals surface area contributed by atoms with Gasteiger partial charge in [0.05, 0.1) is 10.2 Å². The topological polar surface area (TPSA) is 37.0 Å². The lowest BCUT2D eigenvalue weighted by Crippen LogP contribution is -2.29. The minimum absolute atomic E-state index is 0.594. The van der Waals surface area contributed by atoms with Crippen LogP contribution < -0.4 is 10.6 Å². The van der Waals surface area contributed by atoms with Crippen molar-refractivity contribution in [1.29, 1.82) is 0 Å². The van der Waals surface area contributed by atoms with Gasteiger partial charge in [0.25, 0.3) is 0 Å². The van der Waals surface area contributed by atoms with E-state index in [-0.39, 0.29) is 0 Å². The van der Waals surface area contributed by atoms with E-state index in [1.165, 1.54) is 0 Å². The van der Waals surface area contributed by atoms with Crippen molar-refractivity contribution in [2.75, 3.05) is 11.9 Å². The molecule has 1 aromatic heterocycles. The molecule has 1 rings (SSSR count). The van der Waals surface area contributed by atoms with E-state index in [0.717, 1.165) is 33.4 Å². The smallest absolute Gasteiger partial charge is 0.171 e. The summed E-state index contributed by atoms with van der Waals surface area (Å²) >= 11 is 12.0. The quantitative estimate of drug-likeness (QED) is 0.801. The number of pyridine rings is 1. The molecule has 0 atom stereocenters. The van der Waals surface area contributed by atoms with Gasteiger partial charge in [0.2, 0.25) is 0 Å². The zero-order valence-corrected chi connectivity index (χ0v) is 13.1. The van der Waals surface area contributed by atoms with E-state index in [1.807, 2.05) is 13.0 Å². The van der Waals surface area contributed by atoms with Gasteiger partial charge in [-0.25, -0.2) is 4.98 Å². The Morgan fingerprint density at radius 3 is 2.75 bits per heavy atom. The average Bonchev–Trinajstić information content (AvgIpc) is 2.23. The number of hydrogen-bond acceptors (Lipinski definition) is 2. The highest BCUT2D eigenvalue weighted by molar-refractivity contribution is 9.11. The first-order valence-electron chi connectivity index (χ1n) is 4.92. The molecule has 0 aliphatic carbocycles. The van der Waals surface area contributed by atoms with Crippen LogP contribution in [0.4, 0.5) is 5.82 Å². The Kier molecular flexibility index (Phi) is 5.64. The van der Waals surface area contributed by atoms with Gasteiger partial charge in [-0.05, 0) is 63.5 Å². The minimum atomic E-state index is 0.594. The molecule has 0 saturated carbocycles. The van der Waals surface area contributed by atoms with E-state index in [2.05, 4.69) is 54.4 Å². The summed E-state index contributed by atoms with van der Waals surface area (Å²) in [6, 6.07) is 1.95. The van der Waals surface area contributed by atoms with Crippen molar-refractivity contribution in [2.45, 2.75) is 20.3 Å². The summed E-state index contributed by atoms with van der Waals surface area (Å²) in [5, 5.41) is 6.74. The van der Waals surface area contributed by atoms with Gasteiger partial charge in [0, 0.05) is 11.0 Å². The highest BCUT2D eigenvalue weighted by atomic mass is 79.9. The van der Waals surface area contributed by atoms with Gasteiger partial charge in [-0.2, -0.15) is 0 Å². The predicted octanol–water partition coefficient (Wildman–Crippen LogP) is 3.61. The summed E-state index contributed by atoms with van der Waals surface area (Å²) in [6.45, 7) is 4.89. The van der Waals surface area contributed by atoms with Gasteiger partial charge in [0.15, 0.2) is 5.11 Å². The lowest BCUT2D eigenvalue weighted by atomic mass is 10.4. The molecule has 0 saturated heterocycles. The van der Waals surface area contributed by atoms with E-state index in [9.17, 15) is 0 Å². The van der Waals surface area contributed by atoms with Crippen LogP contribution in [0.2, 0.25) is 0 Å². The van der Waals surface area contributed by atoms with Crippen molar-refractivity contribution < 1.29 is 0 Å². The second kappa shape index (κ2) is 6.51. The van der Waals surface area contributed by atoms with Crippen molar-refractivity contribution >= 4 is 55.0 Å². The zero-order valence-electron chi connectivity index (χ0n) is 9.10. The largest absolute Gasteiger partial charge is 0.362 e. The molecule has 88 valence electrons. The van der Waals surface area contributed by atoms with Crippen molar-refractivity contribution in [2.24, 2.45) is 0 Å². The summed E-state index contributed by atoms with van der Waals surface area (Å²) in [7, 11) is 0. The maximum atomic E-state index is 5.14. The number of thiocarbonyl (C=S) groups is 1. The van der Waals surface area contributed by atoms with Crippen LogP contribution in [0.25, 0.3) is 0 Å². The summed E-state index contributed by atoms with van der Waals surface area (Å²) in [5.41, 5.74) is 0.920. The van der Waals surface area contributed by atoms with E-state index >= 15 is 0 Å². The summed E-state index contributed by atoms with van der Waals surface area (Å²) in [4.78, 5) is 4.39. The fraction of sp³-hybridized carbons (Fsp3) is 0.400. The Labute approximate surface area is 118 Å². The van der Waals surface area contributed by atoms with Gasteiger partial charge in [-0.3, -0.25) is 0 Å². The molecule has 0 fully saturated rings. The molecular weight excluding hydrogens is 354 g/mol. The summed E-state index contributed by atoms with van der Waals surface area (Å²) < 4.78 is 1.85. The lowest BCUT2D eigenvalue weighted by Gasteiger charge is -2.11. The first-order valence-corrected chi connectivity index (χ1v) is 6.91. The zero-order chi connectivity index (χ0) is 12.1. The Hall–Kier alpha value is -0.200. The van der Waals surface area contributed by atoms with Crippen LogP contribution >= 0.6 is 44.1 Å². The van der Waals surface area contributed by atoms with Crippen LogP contribution in [0.1, 0.15) is 19.0 Å². The number of halogens is 2. The van der Waals surface area contributed by atoms with Crippen molar-refractivity contribution in [3.8, 4) is 0 Å². The molecule has 2 N–H and O–H groups in total. The number of rotatable bonds is 3. The first-order chi connectivity index (χ1) is 7.54. The second-order valence-corrected chi connectivity index (χ2v) is 5.38. The number of aryl methyl sites for hydroxylation is 1. The molecule has 6 heteroatoms. The Balaban J connectivity index is 2.73. The van der Waals surface area contributed by atoms with Crippen molar-refractivity contribution in [3.63, 3.8) is 0 Å². The fourth-order valence-electron chi connectivity index (χ4n) is 1.04. The maximum absolute atomic E-state index is 5.14. The van der Waals surface area contributed by atoms with E-state index in [4.69, 9.17) is 12.2 Å². The molecule has 0 aliphatic heterocycles.